The molecule has 3 aromatic rings. The minimum atomic E-state index is -0.355. The maximum Gasteiger partial charge on any atom is 0.293 e. The Morgan fingerprint density at radius 1 is 1.28 bits per heavy atom. The number of pyridine rings is 1. The first-order valence-electron chi connectivity index (χ1n) is 8.62. The summed E-state index contributed by atoms with van der Waals surface area (Å²) in [6.07, 6.45) is 5.12. The van der Waals surface area contributed by atoms with E-state index in [0.29, 0.717) is 14.9 Å². The van der Waals surface area contributed by atoms with E-state index in [2.05, 4.69) is 20.9 Å². The molecule has 1 N–H and O–H groups in total. The van der Waals surface area contributed by atoms with Crippen LogP contribution < -0.4 is 4.74 Å². The Hall–Kier alpha value is -2.84. The van der Waals surface area contributed by atoms with Crippen LogP contribution in [0.15, 0.2) is 58.2 Å². The Labute approximate surface area is 179 Å². The molecule has 0 unspecified atom stereocenters. The van der Waals surface area contributed by atoms with Gasteiger partial charge in [0.1, 0.15) is 6.61 Å². The van der Waals surface area contributed by atoms with Gasteiger partial charge in [0.05, 0.1) is 4.91 Å². The maximum atomic E-state index is 12.1. The molecule has 1 saturated heterocycles. The van der Waals surface area contributed by atoms with Gasteiger partial charge in [-0.1, -0.05) is 34.1 Å². The quantitative estimate of drug-likeness (QED) is 0.543. The molecule has 2 heterocycles. The van der Waals surface area contributed by atoms with Crippen molar-refractivity contribution in [2.45, 2.75) is 6.61 Å². The topological polar surface area (TPSA) is 79.7 Å². The molecule has 1 aliphatic rings. The van der Waals surface area contributed by atoms with E-state index in [4.69, 9.17) is 4.74 Å². The summed E-state index contributed by atoms with van der Waals surface area (Å²) in [5.74, 6) is -0.104. The average Bonchev–Trinajstić information content (AvgIpc) is 2.95. The number of aromatic nitrogens is 1. The highest BCUT2D eigenvalue weighted by molar-refractivity contribution is 9.10. The third kappa shape index (κ3) is 3.86. The van der Waals surface area contributed by atoms with Gasteiger partial charge in [-0.3, -0.25) is 19.5 Å². The van der Waals surface area contributed by atoms with E-state index in [0.717, 1.165) is 33.0 Å². The monoisotopic (exact) mass is 470 g/mol. The van der Waals surface area contributed by atoms with E-state index < -0.39 is 0 Å². The van der Waals surface area contributed by atoms with Gasteiger partial charge in [-0.2, -0.15) is 0 Å². The first-order chi connectivity index (χ1) is 13.9. The summed E-state index contributed by atoms with van der Waals surface area (Å²) in [5.41, 5.74) is 1.58. The minimum absolute atomic E-state index is 0.0282. The van der Waals surface area contributed by atoms with Crippen LogP contribution in [-0.4, -0.2) is 33.2 Å². The minimum Gasteiger partial charge on any atom is -0.504 e. The number of thioether (sulfide) groups is 1. The van der Waals surface area contributed by atoms with Gasteiger partial charge in [-0.15, -0.1) is 0 Å². The summed E-state index contributed by atoms with van der Waals surface area (Å²) < 4.78 is 6.46. The number of hydrogen-bond donors (Lipinski definition) is 1. The van der Waals surface area contributed by atoms with E-state index in [-0.39, 0.29) is 29.3 Å². The van der Waals surface area contributed by atoms with Crippen LogP contribution in [-0.2, 0) is 11.4 Å². The number of halogens is 1. The average molecular weight is 471 g/mol. The van der Waals surface area contributed by atoms with Crippen molar-refractivity contribution >= 4 is 55.7 Å². The van der Waals surface area contributed by atoms with Crippen LogP contribution in [0, 0.1) is 0 Å². The highest BCUT2D eigenvalue weighted by atomic mass is 79.9. The zero-order valence-corrected chi connectivity index (χ0v) is 17.7. The Balaban J connectivity index is 1.62. The standard InChI is InChI=1S/C21H15BrN2O4S/c1-24-20(26)19(29-21(24)27)8-14-7-18(17(25)9-16(14)22)28-11-13-4-2-3-12-10-23-6-5-15(12)13/h2-10,25H,11H2,1H3/b19-8-. The van der Waals surface area contributed by atoms with Gasteiger partial charge in [0.15, 0.2) is 11.5 Å². The fourth-order valence-corrected chi connectivity index (χ4v) is 4.21. The molecular weight excluding hydrogens is 456 g/mol. The van der Waals surface area contributed by atoms with Crippen molar-refractivity contribution in [1.82, 2.24) is 9.88 Å². The second-order valence-electron chi connectivity index (χ2n) is 6.38. The van der Waals surface area contributed by atoms with Gasteiger partial charge in [0, 0.05) is 29.3 Å². The summed E-state index contributed by atoms with van der Waals surface area (Å²) in [7, 11) is 1.44. The molecule has 2 aromatic carbocycles. The van der Waals surface area contributed by atoms with E-state index in [1.54, 1.807) is 24.5 Å². The molecule has 1 aliphatic heterocycles. The largest absolute Gasteiger partial charge is 0.504 e. The fraction of sp³-hybridized carbons (Fsp3) is 0.0952. The SMILES string of the molecule is CN1C(=O)S/C(=C\c2cc(OCc3cccc4cnccc34)c(O)cc2Br)C1=O. The van der Waals surface area contributed by atoms with E-state index >= 15 is 0 Å². The zero-order valence-electron chi connectivity index (χ0n) is 15.3. The number of ether oxygens (including phenoxy) is 1. The lowest BCUT2D eigenvalue weighted by Gasteiger charge is -2.12. The highest BCUT2D eigenvalue weighted by Gasteiger charge is 2.32. The summed E-state index contributed by atoms with van der Waals surface area (Å²) in [6, 6.07) is 10.9. The summed E-state index contributed by atoms with van der Waals surface area (Å²) in [5, 5.41) is 12.0. The van der Waals surface area contributed by atoms with Gasteiger partial charge < -0.3 is 9.84 Å². The molecule has 146 valence electrons. The molecule has 6 nitrogen and oxygen atoms in total. The summed E-state index contributed by atoms with van der Waals surface area (Å²) >= 11 is 4.26. The van der Waals surface area contributed by atoms with Gasteiger partial charge in [0.2, 0.25) is 0 Å². The van der Waals surface area contributed by atoms with Crippen molar-refractivity contribution in [2.24, 2.45) is 0 Å². The van der Waals surface area contributed by atoms with Crippen LogP contribution in [0.25, 0.3) is 16.8 Å². The predicted molar refractivity (Wildman–Crippen MR) is 116 cm³/mol. The number of fused-ring (bicyclic) bond motifs is 1. The summed E-state index contributed by atoms with van der Waals surface area (Å²) in [4.78, 5) is 29.3. The number of likely N-dealkylation sites (N-methyl/N-ethyl adjacent to an activating group) is 1. The lowest BCUT2D eigenvalue weighted by Crippen LogP contribution is -2.22. The number of phenolic OH excluding ortho intramolecular Hbond substituents is 1. The zero-order chi connectivity index (χ0) is 20.5. The van der Waals surface area contributed by atoms with E-state index in [9.17, 15) is 14.7 Å². The lowest BCUT2D eigenvalue weighted by molar-refractivity contribution is -0.121. The number of benzene rings is 2. The highest BCUT2D eigenvalue weighted by Crippen LogP contribution is 2.37. The molecule has 0 saturated carbocycles. The van der Waals surface area contributed by atoms with Gasteiger partial charge in [-0.05, 0) is 52.6 Å². The third-order valence-corrected chi connectivity index (χ3v) is 6.15. The maximum absolute atomic E-state index is 12.1. The number of carbonyl (C=O) groups excluding carboxylic acids is 2. The van der Waals surface area contributed by atoms with Crippen molar-refractivity contribution in [3.63, 3.8) is 0 Å². The summed E-state index contributed by atoms with van der Waals surface area (Å²) in [6.45, 7) is 0.251. The molecule has 1 aromatic heterocycles. The second kappa shape index (κ2) is 7.88. The number of rotatable bonds is 4. The Morgan fingerprint density at radius 3 is 2.86 bits per heavy atom. The van der Waals surface area contributed by atoms with Crippen molar-refractivity contribution in [3.8, 4) is 11.5 Å². The number of phenols is 1. The van der Waals surface area contributed by atoms with Crippen molar-refractivity contribution < 1.29 is 19.4 Å². The van der Waals surface area contributed by atoms with Crippen molar-refractivity contribution in [3.05, 3.63) is 69.3 Å². The van der Waals surface area contributed by atoms with Crippen LogP contribution in [0.2, 0.25) is 0 Å². The number of hydrogen-bond acceptors (Lipinski definition) is 6. The molecule has 0 aliphatic carbocycles. The molecule has 2 amide bonds. The Kier molecular flexibility index (Phi) is 5.29. The van der Waals surface area contributed by atoms with Crippen LogP contribution >= 0.6 is 27.7 Å². The van der Waals surface area contributed by atoms with Crippen molar-refractivity contribution in [2.75, 3.05) is 7.05 Å². The molecule has 29 heavy (non-hydrogen) atoms. The molecular formula is C21H15BrN2O4S. The smallest absolute Gasteiger partial charge is 0.293 e. The molecule has 8 heteroatoms. The normalized spacial score (nSPS) is 15.5. The van der Waals surface area contributed by atoms with Crippen molar-refractivity contribution in [1.29, 1.82) is 0 Å². The number of carbonyl (C=O) groups is 2. The van der Waals surface area contributed by atoms with Crippen LogP contribution in [0.5, 0.6) is 11.5 Å². The second-order valence-corrected chi connectivity index (χ2v) is 8.23. The van der Waals surface area contributed by atoms with Gasteiger partial charge >= 0.3 is 0 Å². The molecule has 0 radical (unpaired) electrons. The molecule has 0 spiro atoms. The lowest BCUT2D eigenvalue weighted by atomic mass is 10.1. The van der Waals surface area contributed by atoms with E-state index in [1.165, 1.54) is 13.1 Å². The predicted octanol–water partition coefficient (Wildman–Crippen LogP) is 4.95. The first-order valence-corrected chi connectivity index (χ1v) is 10.2. The van der Waals surface area contributed by atoms with E-state index in [1.807, 2.05) is 24.3 Å². The number of aromatic hydroxyl groups is 1. The Bertz CT molecular complexity index is 1170. The Morgan fingerprint density at radius 2 is 2.10 bits per heavy atom. The first kappa shape index (κ1) is 19.5. The molecule has 1 fully saturated rings. The van der Waals surface area contributed by atoms with Gasteiger partial charge in [-0.25, -0.2) is 0 Å². The number of imide groups is 1. The fourth-order valence-electron chi connectivity index (χ4n) is 2.94. The molecule has 4 rings (SSSR count). The van der Waals surface area contributed by atoms with Crippen LogP contribution in [0.3, 0.4) is 0 Å². The molecule has 0 atom stereocenters. The molecule has 0 bridgehead atoms. The van der Waals surface area contributed by atoms with Crippen LogP contribution in [0.4, 0.5) is 4.79 Å². The third-order valence-electron chi connectivity index (χ3n) is 4.51. The van der Waals surface area contributed by atoms with Gasteiger partial charge in [0.25, 0.3) is 11.1 Å². The number of amides is 2. The number of nitrogens with zero attached hydrogens (tertiary/aromatic N) is 2. The van der Waals surface area contributed by atoms with Crippen LogP contribution in [0.1, 0.15) is 11.1 Å².